The van der Waals surface area contributed by atoms with Gasteiger partial charge < -0.3 is 5.11 Å². The zero-order valence-corrected chi connectivity index (χ0v) is 11.3. The van der Waals surface area contributed by atoms with Crippen molar-refractivity contribution in [3.63, 3.8) is 0 Å². The van der Waals surface area contributed by atoms with E-state index >= 15 is 0 Å². The predicted molar refractivity (Wildman–Crippen MR) is 79.4 cm³/mol. The summed E-state index contributed by atoms with van der Waals surface area (Å²) < 4.78 is 0. The van der Waals surface area contributed by atoms with Crippen LogP contribution in [0.5, 0.6) is 0 Å². The van der Waals surface area contributed by atoms with Crippen molar-refractivity contribution in [2.24, 2.45) is 0 Å². The third-order valence-electron chi connectivity index (χ3n) is 1.90. The Hall–Kier alpha value is -2.60. The van der Waals surface area contributed by atoms with Crippen LogP contribution in [0.4, 0.5) is 0 Å². The van der Waals surface area contributed by atoms with Gasteiger partial charge >= 0.3 is 5.97 Å². The van der Waals surface area contributed by atoms with Crippen molar-refractivity contribution in [2.75, 3.05) is 0 Å². The van der Waals surface area contributed by atoms with Crippen molar-refractivity contribution in [1.29, 1.82) is 5.26 Å². The van der Waals surface area contributed by atoms with Gasteiger partial charge in [-0.1, -0.05) is 55.6 Å². The SMILES string of the molecule is C=CC#N.C=Cc1ccccc1.CC=C(C)C(=O)O. The highest BCUT2D eigenvalue weighted by Gasteiger charge is 1.93. The number of rotatable bonds is 2. The summed E-state index contributed by atoms with van der Waals surface area (Å²) >= 11 is 0. The first kappa shape index (κ1) is 18.8. The fraction of sp³-hybridized carbons (Fsp3) is 0.125. The molecule has 0 saturated carbocycles. The number of nitriles is 1. The minimum Gasteiger partial charge on any atom is -0.478 e. The molecule has 0 amide bonds. The van der Waals surface area contributed by atoms with Gasteiger partial charge in [0.25, 0.3) is 0 Å². The third-order valence-corrected chi connectivity index (χ3v) is 1.90. The van der Waals surface area contributed by atoms with Gasteiger partial charge in [0, 0.05) is 11.6 Å². The second-order valence-corrected chi connectivity index (χ2v) is 3.22. The summed E-state index contributed by atoms with van der Waals surface area (Å²) in [7, 11) is 0. The lowest BCUT2D eigenvalue weighted by atomic mass is 10.2. The largest absolute Gasteiger partial charge is 0.478 e. The van der Waals surface area contributed by atoms with Crippen molar-refractivity contribution in [2.45, 2.75) is 13.8 Å². The number of hydrogen-bond donors (Lipinski definition) is 1. The molecular formula is C16H19NO2. The van der Waals surface area contributed by atoms with Gasteiger partial charge in [0.05, 0.1) is 6.07 Å². The Labute approximate surface area is 114 Å². The van der Waals surface area contributed by atoms with Crippen molar-refractivity contribution in [3.05, 3.63) is 66.8 Å². The molecule has 0 spiro atoms. The van der Waals surface area contributed by atoms with E-state index < -0.39 is 5.97 Å². The monoisotopic (exact) mass is 257 g/mol. The molecule has 19 heavy (non-hydrogen) atoms. The number of nitrogens with zero attached hydrogens (tertiary/aromatic N) is 1. The molecule has 0 radical (unpaired) electrons. The first-order chi connectivity index (χ1) is 9.03. The fourth-order valence-corrected chi connectivity index (χ4v) is 0.713. The van der Waals surface area contributed by atoms with Crippen molar-refractivity contribution in [3.8, 4) is 6.07 Å². The Morgan fingerprint density at radius 1 is 1.32 bits per heavy atom. The molecule has 0 aromatic heterocycles. The number of allylic oxidation sites excluding steroid dienone is 2. The highest BCUT2D eigenvalue weighted by molar-refractivity contribution is 5.85. The minimum atomic E-state index is -0.845. The number of benzene rings is 1. The van der Waals surface area contributed by atoms with E-state index in [4.69, 9.17) is 10.4 Å². The molecule has 0 aliphatic rings. The zero-order chi connectivity index (χ0) is 15.1. The van der Waals surface area contributed by atoms with Crippen LogP contribution < -0.4 is 0 Å². The van der Waals surface area contributed by atoms with Gasteiger partial charge in [0.2, 0.25) is 0 Å². The van der Waals surface area contributed by atoms with Crippen LogP contribution in [0.1, 0.15) is 19.4 Å². The Balaban J connectivity index is 0. The normalized spacial score (nSPS) is 8.58. The summed E-state index contributed by atoms with van der Waals surface area (Å²) in [5.41, 5.74) is 1.56. The maximum atomic E-state index is 9.86. The van der Waals surface area contributed by atoms with Gasteiger partial charge in [-0.25, -0.2) is 4.79 Å². The van der Waals surface area contributed by atoms with E-state index in [1.807, 2.05) is 36.4 Å². The lowest BCUT2D eigenvalue weighted by Crippen LogP contribution is -1.93. The molecule has 0 aliphatic carbocycles. The van der Waals surface area contributed by atoms with Crippen molar-refractivity contribution < 1.29 is 9.90 Å². The molecule has 0 aliphatic heterocycles. The summed E-state index contributed by atoms with van der Waals surface area (Å²) in [4.78, 5) is 9.86. The molecule has 1 aromatic carbocycles. The number of hydrogen-bond acceptors (Lipinski definition) is 2. The maximum Gasteiger partial charge on any atom is 0.330 e. The second-order valence-electron chi connectivity index (χ2n) is 3.22. The standard InChI is InChI=1S/C8H8.C5H8O2.C3H3N/c1-2-8-6-4-3-5-7-8;1-3-4(2)5(6)7;1-2-3-4/h2-7H,1H2;3H,1-2H3,(H,6,7);2H,1H2. The molecule has 3 heteroatoms. The minimum absolute atomic E-state index is 0.389. The molecule has 3 nitrogen and oxygen atoms in total. The van der Waals surface area contributed by atoms with Gasteiger partial charge in [-0.2, -0.15) is 5.26 Å². The van der Waals surface area contributed by atoms with Gasteiger partial charge in [-0.05, 0) is 19.4 Å². The maximum absolute atomic E-state index is 9.86. The summed E-state index contributed by atoms with van der Waals surface area (Å²) in [5, 5.41) is 15.6. The lowest BCUT2D eigenvalue weighted by molar-refractivity contribution is -0.132. The van der Waals surface area contributed by atoms with Crippen LogP contribution >= 0.6 is 0 Å². The van der Waals surface area contributed by atoms with Crippen LogP contribution in [0.2, 0.25) is 0 Å². The fourth-order valence-electron chi connectivity index (χ4n) is 0.713. The van der Waals surface area contributed by atoms with E-state index in [0.29, 0.717) is 5.57 Å². The Morgan fingerprint density at radius 2 is 1.79 bits per heavy atom. The lowest BCUT2D eigenvalue weighted by Gasteiger charge is -1.85. The predicted octanol–water partition coefficient (Wildman–Crippen LogP) is 4.06. The smallest absolute Gasteiger partial charge is 0.330 e. The van der Waals surface area contributed by atoms with E-state index in [1.165, 1.54) is 11.6 Å². The molecule has 0 fully saturated rings. The topological polar surface area (TPSA) is 61.1 Å². The highest BCUT2D eigenvalue weighted by atomic mass is 16.4. The molecule has 1 N–H and O–H groups in total. The first-order valence-corrected chi connectivity index (χ1v) is 5.57. The van der Waals surface area contributed by atoms with Crippen LogP contribution in [-0.4, -0.2) is 11.1 Å². The Bertz CT molecular complexity index is 453. The van der Waals surface area contributed by atoms with Crippen LogP contribution in [0, 0.1) is 11.3 Å². The molecule has 0 bridgehead atoms. The molecule has 1 rings (SSSR count). The number of carboxylic acid groups (broad SMARTS) is 1. The van der Waals surface area contributed by atoms with Gasteiger partial charge in [-0.15, -0.1) is 0 Å². The van der Waals surface area contributed by atoms with Gasteiger partial charge in [-0.3, -0.25) is 0 Å². The summed E-state index contributed by atoms with van der Waals surface area (Å²) in [6.07, 6.45) is 4.57. The quantitative estimate of drug-likeness (QED) is 0.642. The molecule has 0 unspecified atom stereocenters. The third kappa shape index (κ3) is 13.3. The van der Waals surface area contributed by atoms with Crippen LogP contribution in [0.15, 0.2) is 61.2 Å². The number of carboxylic acids is 1. The van der Waals surface area contributed by atoms with E-state index in [1.54, 1.807) is 26.0 Å². The van der Waals surface area contributed by atoms with E-state index in [2.05, 4.69) is 13.2 Å². The molecule has 0 heterocycles. The Morgan fingerprint density at radius 3 is 1.95 bits per heavy atom. The van der Waals surface area contributed by atoms with Gasteiger partial charge in [0.1, 0.15) is 0 Å². The van der Waals surface area contributed by atoms with Gasteiger partial charge in [0.15, 0.2) is 0 Å². The number of aliphatic carboxylic acids is 1. The summed E-state index contributed by atoms with van der Waals surface area (Å²) in [5.74, 6) is -0.845. The van der Waals surface area contributed by atoms with E-state index in [0.717, 1.165) is 0 Å². The van der Waals surface area contributed by atoms with E-state index in [-0.39, 0.29) is 0 Å². The van der Waals surface area contributed by atoms with Crippen LogP contribution in [-0.2, 0) is 4.79 Å². The average Bonchev–Trinajstić information content (AvgIpc) is 2.48. The molecule has 0 atom stereocenters. The molecule has 100 valence electrons. The zero-order valence-electron chi connectivity index (χ0n) is 11.3. The molecule has 1 aromatic rings. The van der Waals surface area contributed by atoms with E-state index in [9.17, 15) is 4.79 Å². The molecule has 0 saturated heterocycles. The number of carbonyl (C=O) groups is 1. The van der Waals surface area contributed by atoms with Crippen molar-refractivity contribution >= 4 is 12.0 Å². The average molecular weight is 257 g/mol. The summed E-state index contributed by atoms with van der Waals surface area (Å²) in [6, 6.07) is 11.7. The second kappa shape index (κ2) is 13.5. The van der Waals surface area contributed by atoms with Crippen LogP contribution in [0.3, 0.4) is 0 Å². The Kier molecular flexibility index (Phi) is 13.3. The summed E-state index contributed by atoms with van der Waals surface area (Å²) in [6.45, 7) is 10.0. The van der Waals surface area contributed by atoms with Crippen LogP contribution in [0.25, 0.3) is 6.08 Å². The molecular weight excluding hydrogens is 238 g/mol. The highest BCUT2D eigenvalue weighted by Crippen LogP contribution is 1.97. The first-order valence-electron chi connectivity index (χ1n) is 5.57. The van der Waals surface area contributed by atoms with Crippen molar-refractivity contribution in [1.82, 2.24) is 0 Å².